The number of nitrogens with one attached hydrogen (secondary N) is 1. The molecule has 0 unspecified atom stereocenters. The molecular weight excluding hydrogens is 210 g/mol. The summed E-state index contributed by atoms with van der Waals surface area (Å²) < 4.78 is 0. The van der Waals surface area contributed by atoms with E-state index in [9.17, 15) is 5.11 Å². The Morgan fingerprint density at radius 1 is 1.47 bits per heavy atom. The van der Waals surface area contributed by atoms with Gasteiger partial charge < -0.3 is 10.4 Å². The van der Waals surface area contributed by atoms with Crippen molar-refractivity contribution in [1.29, 1.82) is 0 Å². The Morgan fingerprint density at radius 2 is 2.27 bits per heavy atom. The van der Waals surface area contributed by atoms with Crippen LogP contribution in [-0.4, -0.2) is 24.8 Å². The second-order valence-electron chi connectivity index (χ2n) is 4.23. The van der Waals surface area contributed by atoms with Crippen molar-refractivity contribution < 1.29 is 5.11 Å². The first-order valence-electron chi connectivity index (χ1n) is 5.30. The van der Waals surface area contributed by atoms with Crippen LogP contribution in [0.2, 0.25) is 5.02 Å². The predicted molar refractivity (Wildman–Crippen MR) is 62.4 cm³/mol. The fourth-order valence-corrected chi connectivity index (χ4v) is 2.60. The van der Waals surface area contributed by atoms with Crippen molar-refractivity contribution >= 4 is 11.6 Å². The highest BCUT2D eigenvalue weighted by Gasteiger charge is 2.28. The summed E-state index contributed by atoms with van der Waals surface area (Å²) in [6.07, 6.45) is 0. The van der Waals surface area contributed by atoms with Crippen LogP contribution in [0.25, 0.3) is 0 Å². The van der Waals surface area contributed by atoms with E-state index in [4.69, 9.17) is 11.6 Å². The molecule has 2 N–H and O–H groups in total. The summed E-state index contributed by atoms with van der Waals surface area (Å²) in [7, 11) is 0. The van der Waals surface area contributed by atoms with Crippen LogP contribution in [0.1, 0.15) is 17.0 Å². The zero-order valence-corrected chi connectivity index (χ0v) is 9.59. The summed E-state index contributed by atoms with van der Waals surface area (Å²) in [5.74, 6) is 0.647. The van der Waals surface area contributed by atoms with Gasteiger partial charge in [0.2, 0.25) is 0 Å². The first kappa shape index (κ1) is 10.9. The Morgan fingerprint density at radius 3 is 2.93 bits per heavy atom. The lowest BCUT2D eigenvalue weighted by atomic mass is 9.89. The van der Waals surface area contributed by atoms with E-state index in [1.807, 2.05) is 13.0 Å². The van der Waals surface area contributed by atoms with E-state index >= 15 is 0 Å². The highest BCUT2D eigenvalue weighted by Crippen LogP contribution is 2.33. The molecule has 0 aromatic heterocycles. The normalized spacial score (nSPS) is 25.8. The molecule has 0 amide bonds. The number of hydrogen-bond donors (Lipinski definition) is 2. The minimum Gasteiger partial charge on any atom is -0.396 e. The third kappa shape index (κ3) is 2.17. The van der Waals surface area contributed by atoms with E-state index in [1.54, 1.807) is 0 Å². The summed E-state index contributed by atoms with van der Waals surface area (Å²) in [6, 6.07) is 6.15. The molecule has 2 atom stereocenters. The minimum absolute atomic E-state index is 0.224. The van der Waals surface area contributed by atoms with Crippen molar-refractivity contribution in [3.63, 3.8) is 0 Å². The number of aliphatic hydroxyl groups is 1. The van der Waals surface area contributed by atoms with Crippen LogP contribution in [-0.2, 0) is 0 Å². The molecule has 1 saturated heterocycles. The van der Waals surface area contributed by atoms with Crippen molar-refractivity contribution in [1.82, 2.24) is 5.32 Å². The third-order valence-corrected chi connectivity index (χ3v) is 3.46. The van der Waals surface area contributed by atoms with Crippen LogP contribution in [0.3, 0.4) is 0 Å². The standard InChI is InChI=1S/C12H16ClNO/c1-8-2-3-10(12(13)4-8)11-6-14-5-9(11)7-15/h2-4,9,11,14-15H,5-7H2,1H3/t9-,11-/m1/s1. The van der Waals surface area contributed by atoms with Crippen molar-refractivity contribution in [2.75, 3.05) is 19.7 Å². The molecule has 1 heterocycles. The summed E-state index contributed by atoms with van der Waals surface area (Å²) in [6.45, 7) is 4.05. The number of benzene rings is 1. The van der Waals surface area contributed by atoms with E-state index in [0.717, 1.165) is 23.7 Å². The average molecular weight is 226 g/mol. The Hall–Kier alpha value is -0.570. The van der Waals surface area contributed by atoms with Gasteiger partial charge in [-0.3, -0.25) is 0 Å². The Bertz CT molecular complexity index is 353. The molecule has 1 fully saturated rings. The van der Waals surface area contributed by atoms with Crippen molar-refractivity contribution in [3.8, 4) is 0 Å². The zero-order valence-electron chi connectivity index (χ0n) is 8.83. The van der Waals surface area contributed by atoms with Gasteiger partial charge in [0, 0.05) is 36.6 Å². The van der Waals surface area contributed by atoms with Gasteiger partial charge in [0.1, 0.15) is 0 Å². The molecule has 0 spiro atoms. The molecule has 1 aromatic carbocycles. The number of aliphatic hydroxyl groups excluding tert-OH is 1. The quantitative estimate of drug-likeness (QED) is 0.807. The molecule has 0 saturated carbocycles. The molecule has 1 aliphatic rings. The Kier molecular flexibility index (Phi) is 3.29. The minimum atomic E-state index is 0.224. The molecule has 0 radical (unpaired) electrons. The first-order valence-corrected chi connectivity index (χ1v) is 5.68. The average Bonchev–Trinajstić information content (AvgIpc) is 2.65. The predicted octanol–water partition coefficient (Wildman–Crippen LogP) is 1.94. The summed E-state index contributed by atoms with van der Waals surface area (Å²) in [4.78, 5) is 0. The molecule has 15 heavy (non-hydrogen) atoms. The molecule has 82 valence electrons. The maximum Gasteiger partial charge on any atom is 0.0477 e. The molecule has 2 rings (SSSR count). The lowest BCUT2D eigenvalue weighted by Gasteiger charge is -2.18. The van der Waals surface area contributed by atoms with Gasteiger partial charge in [-0.15, -0.1) is 0 Å². The highest BCUT2D eigenvalue weighted by atomic mass is 35.5. The lowest BCUT2D eigenvalue weighted by molar-refractivity contribution is 0.226. The van der Waals surface area contributed by atoms with Gasteiger partial charge in [-0.05, 0) is 24.1 Å². The van der Waals surface area contributed by atoms with Gasteiger partial charge in [-0.2, -0.15) is 0 Å². The van der Waals surface area contributed by atoms with Gasteiger partial charge in [0.15, 0.2) is 0 Å². The van der Waals surface area contributed by atoms with Gasteiger partial charge in [-0.1, -0.05) is 23.7 Å². The van der Waals surface area contributed by atoms with Gasteiger partial charge >= 0.3 is 0 Å². The molecule has 0 aliphatic carbocycles. The number of hydrogen-bond acceptors (Lipinski definition) is 2. The van der Waals surface area contributed by atoms with E-state index in [1.165, 1.54) is 5.56 Å². The van der Waals surface area contributed by atoms with E-state index in [2.05, 4.69) is 17.4 Å². The summed E-state index contributed by atoms with van der Waals surface area (Å²) >= 11 is 6.22. The summed E-state index contributed by atoms with van der Waals surface area (Å²) in [5.41, 5.74) is 2.33. The van der Waals surface area contributed by atoms with Crippen LogP contribution < -0.4 is 5.32 Å². The SMILES string of the molecule is Cc1ccc([C@@H]2CNC[C@@H]2CO)c(Cl)c1. The van der Waals surface area contributed by atoms with Gasteiger partial charge in [0.05, 0.1) is 0 Å². The molecule has 1 aromatic rings. The molecule has 1 aliphatic heterocycles. The second-order valence-corrected chi connectivity index (χ2v) is 4.64. The molecule has 2 nitrogen and oxygen atoms in total. The van der Waals surface area contributed by atoms with Gasteiger partial charge in [-0.25, -0.2) is 0 Å². The smallest absolute Gasteiger partial charge is 0.0477 e. The Labute approximate surface area is 95.3 Å². The summed E-state index contributed by atoms with van der Waals surface area (Å²) in [5, 5.41) is 13.4. The first-order chi connectivity index (χ1) is 7.22. The third-order valence-electron chi connectivity index (χ3n) is 3.13. The number of aryl methyl sites for hydroxylation is 1. The van der Waals surface area contributed by atoms with Crippen molar-refractivity contribution in [3.05, 3.63) is 34.3 Å². The van der Waals surface area contributed by atoms with Gasteiger partial charge in [0.25, 0.3) is 0 Å². The topological polar surface area (TPSA) is 32.3 Å². The van der Waals surface area contributed by atoms with Crippen LogP contribution in [0.15, 0.2) is 18.2 Å². The number of rotatable bonds is 2. The molecular formula is C12H16ClNO. The van der Waals surface area contributed by atoms with Crippen molar-refractivity contribution in [2.45, 2.75) is 12.8 Å². The number of halogens is 1. The fourth-order valence-electron chi connectivity index (χ4n) is 2.22. The van der Waals surface area contributed by atoms with Crippen LogP contribution in [0.4, 0.5) is 0 Å². The van der Waals surface area contributed by atoms with Crippen LogP contribution in [0.5, 0.6) is 0 Å². The molecule has 0 bridgehead atoms. The van der Waals surface area contributed by atoms with E-state index in [0.29, 0.717) is 11.8 Å². The highest BCUT2D eigenvalue weighted by molar-refractivity contribution is 6.31. The lowest BCUT2D eigenvalue weighted by Crippen LogP contribution is -2.15. The Balaban J connectivity index is 2.28. The fraction of sp³-hybridized carbons (Fsp3) is 0.500. The zero-order chi connectivity index (χ0) is 10.8. The second kappa shape index (κ2) is 4.52. The van der Waals surface area contributed by atoms with Crippen LogP contribution >= 0.6 is 11.6 Å². The van der Waals surface area contributed by atoms with E-state index in [-0.39, 0.29) is 6.61 Å². The monoisotopic (exact) mass is 225 g/mol. The van der Waals surface area contributed by atoms with Crippen molar-refractivity contribution in [2.24, 2.45) is 5.92 Å². The largest absolute Gasteiger partial charge is 0.396 e. The maximum absolute atomic E-state index is 9.26. The van der Waals surface area contributed by atoms with E-state index < -0.39 is 0 Å². The van der Waals surface area contributed by atoms with Crippen LogP contribution in [0, 0.1) is 12.8 Å². The maximum atomic E-state index is 9.26. The molecule has 3 heteroatoms.